The molecule has 1 saturated carbocycles. The fraction of sp³-hybridized carbons (Fsp3) is 0.143. The number of hydrogen-bond acceptors (Lipinski definition) is 5. The molecule has 154 valence electrons. The van der Waals surface area contributed by atoms with E-state index in [0.29, 0.717) is 11.4 Å². The van der Waals surface area contributed by atoms with Crippen LogP contribution in [-0.2, 0) is 10.0 Å². The average Bonchev–Trinajstić information content (AvgIpc) is 3.35. The quantitative estimate of drug-likeness (QED) is 0.537. The normalized spacial score (nSPS) is 13.6. The first-order valence-corrected chi connectivity index (χ1v) is 10.8. The summed E-state index contributed by atoms with van der Waals surface area (Å²) in [5.74, 6) is -0.709. The van der Waals surface area contributed by atoms with Gasteiger partial charge >= 0.3 is 0 Å². The van der Waals surface area contributed by atoms with Crippen LogP contribution in [-0.4, -0.2) is 26.3 Å². The summed E-state index contributed by atoms with van der Waals surface area (Å²) in [5.41, 5.74) is 1.12. The van der Waals surface area contributed by atoms with Gasteiger partial charge in [-0.3, -0.25) is 9.59 Å². The van der Waals surface area contributed by atoms with Crippen molar-refractivity contribution in [2.75, 3.05) is 10.6 Å². The topological polar surface area (TPSA) is 118 Å². The summed E-state index contributed by atoms with van der Waals surface area (Å²) >= 11 is 0. The van der Waals surface area contributed by atoms with Crippen molar-refractivity contribution < 1.29 is 22.4 Å². The van der Waals surface area contributed by atoms with Gasteiger partial charge in [-0.2, -0.15) is 0 Å². The minimum absolute atomic E-state index is 0.0217. The first-order valence-electron chi connectivity index (χ1n) is 9.29. The molecule has 30 heavy (non-hydrogen) atoms. The predicted molar refractivity (Wildman–Crippen MR) is 111 cm³/mol. The van der Waals surface area contributed by atoms with Crippen LogP contribution >= 0.6 is 0 Å². The lowest BCUT2D eigenvalue weighted by molar-refractivity contribution is 0.0995. The van der Waals surface area contributed by atoms with Crippen LogP contribution in [0.1, 0.15) is 33.8 Å². The van der Waals surface area contributed by atoms with Crippen molar-refractivity contribution in [3.8, 4) is 0 Å². The fourth-order valence-corrected chi connectivity index (χ4v) is 4.12. The summed E-state index contributed by atoms with van der Waals surface area (Å²) in [6.07, 6.45) is 3.05. The Kier molecular flexibility index (Phi) is 5.39. The van der Waals surface area contributed by atoms with Gasteiger partial charge in [0.15, 0.2) is 5.76 Å². The van der Waals surface area contributed by atoms with E-state index in [1.807, 2.05) is 0 Å². The molecule has 1 heterocycles. The van der Waals surface area contributed by atoms with E-state index >= 15 is 0 Å². The van der Waals surface area contributed by atoms with Gasteiger partial charge in [0.25, 0.3) is 11.8 Å². The highest BCUT2D eigenvalue weighted by atomic mass is 32.2. The maximum atomic E-state index is 12.6. The number of nitrogens with one attached hydrogen (secondary N) is 3. The number of furan rings is 1. The minimum Gasteiger partial charge on any atom is -0.459 e. The lowest BCUT2D eigenvalue weighted by atomic mass is 10.2. The Labute approximate surface area is 173 Å². The number of sulfonamides is 1. The van der Waals surface area contributed by atoms with Crippen molar-refractivity contribution in [3.05, 3.63) is 78.3 Å². The zero-order chi connectivity index (χ0) is 21.1. The second-order valence-electron chi connectivity index (χ2n) is 6.89. The van der Waals surface area contributed by atoms with Gasteiger partial charge in [0.05, 0.1) is 11.2 Å². The Morgan fingerprint density at radius 1 is 0.867 bits per heavy atom. The first-order chi connectivity index (χ1) is 14.4. The largest absolute Gasteiger partial charge is 0.459 e. The smallest absolute Gasteiger partial charge is 0.291 e. The van der Waals surface area contributed by atoms with Gasteiger partial charge in [-0.25, -0.2) is 13.1 Å². The number of carbonyl (C=O) groups excluding carboxylic acids is 2. The summed E-state index contributed by atoms with van der Waals surface area (Å²) < 4.78 is 32.4. The molecule has 2 aromatic carbocycles. The van der Waals surface area contributed by atoms with Gasteiger partial charge in [-0.05, 0) is 61.4 Å². The van der Waals surface area contributed by atoms with E-state index in [1.165, 1.54) is 30.5 Å². The van der Waals surface area contributed by atoms with E-state index in [1.54, 1.807) is 36.4 Å². The molecular formula is C21H19N3O5S. The molecule has 0 saturated heterocycles. The molecule has 1 aromatic heterocycles. The first kappa shape index (κ1) is 19.9. The van der Waals surface area contributed by atoms with Crippen LogP contribution < -0.4 is 15.4 Å². The van der Waals surface area contributed by atoms with Crippen LogP contribution in [0.15, 0.2) is 76.2 Å². The Morgan fingerprint density at radius 3 is 2.23 bits per heavy atom. The maximum Gasteiger partial charge on any atom is 0.291 e. The van der Waals surface area contributed by atoms with Crippen LogP contribution in [0.3, 0.4) is 0 Å². The van der Waals surface area contributed by atoms with Crippen LogP contribution in [0.25, 0.3) is 0 Å². The lowest BCUT2D eigenvalue weighted by Crippen LogP contribution is -2.26. The molecule has 1 aliphatic rings. The molecule has 0 atom stereocenters. The molecule has 8 nitrogen and oxygen atoms in total. The third-order valence-corrected chi connectivity index (χ3v) is 5.95. The fourth-order valence-electron chi connectivity index (χ4n) is 2.77. The van der Waals surface area contributed by atoms with E-state index in [-0.39, 0.29) is 22.3 Å². The van der Waals surface area contributed by atoms with Gasteiger partial charge in [0.2, 0.25) is 10.0 Å². The third kappa shape index (κ3) is 4.76. The van der Waals surface area contributed by atoms with Gasteiger partial charge in [0.1, 0.15) is 0 Å². The highest BCUT2D eigenvalue weighted by molar-refractivity contribution is 7.89. The van der Waals surface area contributed by atoms with Crippen molar-refractivity contribution >= 4 is 33.2 Å². The van der Waals surface area contributed by atoms with Crippen LogP contribution in [0.5, 0.6) is 0 Å². The Balaban J connectivity index is 1.46. The van der Waals surface area contributed by atoms with Crippen molar-refractivity contribution in [3.63, 3.8) is 0 Å². The molecule has 3 aromatic rings. The van der Waals surface area contributed by atoms with Crippen molar-refractivity contribution in [1.82, 2.24) is 4.72 Å². The second kappa shape index (κ2) is 8.13. The SMILES string of the molecule is O=C(Nc1cccc(NC(=O)c2ccco2)c1)c1cccc(S(=O)(=O)NC2CC2)c1. The van der Waals surface area contributed by atoms with Crippen LogP contribution in [0.4, 0.5) is 11.4 Å². The summed E-state index contributed by atoms with van der Waals surface area (Å²) in [6.45, 7) is 0. The van der Waals surface area contributed by atoms with Crippen LogP contribution in [0.2, 0.25) is 0 Å². The number of rotatable bonds is 7. The van der Waals surface area contributed by atoms with E-state index < -0.39 is 21.8 Å². The number of amides is 2. The molecule has 9 heteroatoms. The highest BCUT2D eigenvalue weighted by Gasteiger charge is 2.28. The number of hydrogen-bond donors (Lipinski definition) is 3. The number of anilines is 2. The molecular weight excluding hydrogens is 406 g/mol. The van der Waals surface area contributed by atoms with Crippen LogP contribution in [0, 0.1) is 0 Å². The van der Waals surface area contributed by atoms with Gasteiger partial charge < -0.3 is 15.1 Å². The summed E-state index contributed by atoms with van der Waals surface area (Å²) in [7, 11) is -3.65. The molecule has 4 rings (SSSR count). The van der Waals surface area contributed by atoms with E-state index in [2.05, 4.69) is 15.4 Å². The van der Waals surface area contributed by atoms with E-state index in [0.717, 1.165) is 12.8 Å². The third-order valence-electron chi connectivity index (χ3n) is 4.43. The summed E-state index contributed by atoms with van der Waals surface area (Å²) in [6, 6.07) is 15.6. The van der Waals surface area contributed by atoms with Crippen molar-refractivity contribution in [1.29, 1.82) is 0 Å². The van der Waals surface area contributed by atoms with Crippen molar-refractivity contribution in [2.24, 2.45) is 0 Å². The molecule has 1 fully saturated rings. The molecule has 2 amide bonds. The Hall–Kier alpha value is -3.43. The predicted octanol–water partition coefficient (Wildman–Crippen LogP) is 3.22. The molecule has 0 bridgehead atoms. The summed E-state index contributed by atoms with van der Waals surface area (Å²) in [4.78, 5) is 24.7. The van der Waals surface area contributed by atoms with Gasteiger partial charge in [0, 0.05) is 23.0 Å². The molecule has 0 unspecified atom stereocenters. The maximum absolute atomic E-state index is 12.6. The Morgan fingerprint density at radius 2 is 1.57 bits per heavy atom. The van der Waals surface area contributed by atoms with Gasteiger partial charge in [-0.15, -0.1) is 0 Å². The molecule has 3 N–H and O–H groups in total. The number of carbonyl (C=O) groups is 2. The Bertz CT molecular complexity index is 1180. The zero-order valence-electron chi connectivity index (χ0n) is 15.8. The van der Waals surface area contributed by atoms with Crippen molar-refractivity contribution in [2.45, 2.75) is 23.8 Å². The highest BCUT2D eigenvalue weighted by Crippen LogP contribution is 2.23. The second-order valence-corrected chi connectivity index (χ2v) is 8.60. The van der Waals surface area contributed by atoms with E-state index in [4.69, 9.17) is 4.42 Å². The zero-order valence-corrected chi connectivity index (χ0v) is 16.6. The molecule has 1 aliphatic carbocycles. The molecule has 0 spiro atoms. The van der Waals surface area contributed by atoms with E-state index in [9.17, 15) is 18.0 Å². The minimum atomic E-state index is -3.65. The monoisotopic (exact) mass is 425 g/mol. The average molecular weight is 425 g/mol. The van der Waals surface area contributed by atoms with Gasteiger partial charge in [-0.1, -0.05) is 12.1 Å². The number of benzene rings is 2. The summed E-state index contributed by atoms with van der Waals surface area (Å²) in [5, 5.41) is 5.39. The molecule has 0 radical (unpaired) electrons. The standard InChI is InChI=1S/C21H19N3O5S/c25-20(14-4-1-7-18(12-14)30(27,28)24-15-9-10-15)22-16-5-2-6-17(13-16)23-21(26)19-8-3-11-29-19/h1-8,11-13,15,24H,9-10H2,(H,22,25)(H,23,26). The molecule has 0 aliphatic heterocycles. The lowest BCUT2D eigenvalue weighted by Gasteiger charge is -2.10.